The lowest BCUT2D eigenvalue weighted by atomic mass is 9.78. The summed E-state index contributed by atoms with van der Waals surface area (Å²) in [6, 6.07) is 6.07. The van der Waals surface area contributed by atoms with Crippen molar-refractivity contribution in [2.45, 2.75) is 31.3 Å². The fourth-order valence-electron chi connectivity index (χ4n) is 6.61. The number of carboxylic acid groups (broad SMARTS) is 2. The summed E-state index contributed by atoms with van der Waals surface area (Å²) in [5, 5.41) is 43.0. The molecule has 3 atom stereocenters. The van der Waals surface area contributed by atoms with E-state index in [1.165, 1.54) is 17.0 Å². The standard InChI is InChI=1S/C33H50BN9O12/c44-27(38-37-24-5-3-23(4-6-24)33(52)36-16-29(46)43-9-1-2-26(43)34(53)54)7-8-35-28(45)19-41-14-12-39(20-30(47)48)10-11-40(21-31(49)50)13-15-42-18-25(17-41)55-32(51)22-42/h3-6,25-26,37,53-54H,1-2,7-22H2,(H,35,45)(H,36,52)(H,38,44)(H,47,48)(H,49,50)/t25?,26-/m0/s1. The Morgan fingerprint density at radius 2 is 1.42 bits per heavy atom. The van der Waals surface area contributed by atoms with Crippen molar-refractivity contribution >= 4 is 54.3 Å². The number of likely N-dealkylation sites (tertiary alicyclic amines) is 1. The highest BCUT2D eigenvalue weighted by Crippen LogP contribution is 2.18. The predicted molar refractivity (Wildman–Crippen MR) is 194 cm³/mol. The van der Waals surface area contributed by atoms with Crippen LogP contribution in [0.2, 0.25) is 0 Å². The minimum absolute atomic E-state index is 0.00417. The Hall–Kier alpha value is -4.87. The first-order valence-electron chi connectivity index (χ1n) is 18.1. The van der Waals surface area contributed by atoms with Crippen LogP contribution in [0.1, 0.15) is 29.6 Å². The van der Waals surface area contributed by atoms with E-state index < -0.39 is 60.7 Å². The number of morpholine rings is 1. The highest BCUT2D eigenvalue weighted by molar-refractivity contribution is 6.43. The van der Waals surface area contributed by atoms with Gasteiger partial charge in [0.1, 0.15) is 6.10 Å². The Kier molecular flexibility index (Phi) is 16.6. The predicted octanol–water partition coefficient (Wildman–Crippen LogP) is -4.32. The van der Waals surface area contributed by atoms with Crippen LogP contribution in [0.15, 0.2) is 24.3 Å². The van der Waals surface area contributed by atoms with Crippen LogP contribution in [0.3, 0.4) is 0 Å². The number of hydrogen-bond donors (Lipinski definition) is 8. The normalized spacial score (nSPS) is 21.5. The molecule has 21 nitrogen and oxygen atoms in total. The molecule has 0 radical (unpaired) electrons. The SMILES string of the molecule is O=C(O)CN1CCN(CC(=O)O)CCN2CC(=O)OC(CN(CC(=O)NCCC(=O)NNc3ccc(C(=O)NCC(=O)N4CCC[C@H]4B(O)O)cc3)CC1)C2. The lowest BCUT2D eigenvalue weighted by molar-refractivity contribution is -0.160. The number of anilines is 1. The van der Waals surface area contributed by atoms with Crippen molar-refractivity contribution in [1.82, 2.24) is 40.6 Å². The smallest absolute Gasteiger partial charge is 0.475 e. The van der Waals surface area contributed by atoms with Crippen LogP contribution in [0.5, 0.6) is 0 Å². The second-order valence-corrected chi connectivity index (χ2v) is 13.7. The van der Waals surface area contributed by atoms with Crippen molar-refractivity contribution in [2.24, 2.45) is 0 Å². The summed E-state index contributed by atoms with van der Waals surface area (Å²) < 4.78 is 5.55. The van der Waals surface area contributed by atoms with Crippen LogP contribution in [0.25, 0.3) is 0 Å². The third kappa shape index (κ3) is 14.7. The number of ether oxygens (including phenoxy) is 1. The van der Waals surface area contributed by atoms with E-state index in [2.05, 4.69) is 21.5 Å². The summed E-state index contributed by atoms with van der Waals surface area (Å²) in [5.41, 5.74) is 5.95. The molecular formula is C33H50BN9O12. The van der Waals surface area contributed by atoms with Crippen molar-refractivity contribution in [1.29, 1.82) is 0 Å². The van der Waals surface area contributed by atoms with Crippen molar-refractivity contribution < 1.29 is 58.6 Å². The van der Waals surface area contributed by atoms with Gasteiger partial charge >= 0.3 is 25.0 Å². The Bertz CT molecular complexity index is 1520. The van der Waals surface area contributed by atoms with Gasteiger partial charge in [0.2, 0.25) is 17.7 Å². The summed E-state index contributed by atoms with van der Waals surface area (Å²) in [7, 11) is -1.65. The van der Waals surface area contributed by atoms with Crippen LogP contribution in [0.4, 0.5) is 5.69 Å². The van der Waals surface area contributed by atoms with Gasteiger partial charge in [-0.25, -0.2) is 0 Å². The van der Waals surface area contributed by atoms with Gasteiger partial charge in [0, 0.05) is 77.4 Å². The molecule has 4 rings (SSSR count). The first-order chi connectivity index (χ1) is 26.2. The van der Waals surface area contributed by atoms with Gasteiger partial charge in [-0.15, -0.1) is 0 Å². The number of esters is 1. The Labute approximate surface area is 318 Å². The number of rotatable bonds is 15. The first-order valence-corrected chi connectivity index (χ1v) is 18.1. The molecule has 3 aliphatic heterocycles. The summed E-state index contributed by atoms with van der Waals surface area (Å²) >= 11 is 0. The van der Waals surface area contributed by atoms with Crippen LogP contribution < -0.4 is 21.5 Å². The van der Waals surface area contributed by atoms with Gasteiger partial charge < -0.3 is 40.5 Å². The third-order valence-corrected chi connectivity index (χ3v) is 9.39. The minimum Gasteiger partial charge on any atom is -0.480 e. The van der Waals surface area contributed by atoms with Crippen molar-refractivity contribution in [3.8, 4) is 0 Å². The molecule has 4 amide bonds. The first kappa shape index (κ1) is 42.9. The molecule has 22 heteroatoms. The number of aliphatic carboxylic acids is 2. The second kappa shape index (κ2) is 21.3. The van der Waals surface area contributed by atoms with Crippen molar-refractivity contribution in [3.05, 3.63) is 29.8 Å². The monoisotopic (exact) mass is 775 g/mol. The number of fused-ring (bicyclic) bond motifs is 2. The highest BCUT2D eigenvalue weighted by Gasteiger charge is 2.36. The maximum absolute atomic E-state index is 13.0. The average Bonchev–Trinajstić information content (AvgIpc) is 3.63. The van der Waals surface area contributed by atoms with Gasteiger partial charge in [-0.1, -0.05) is 0 Å². The number of carbonyl (C=O) groups is 7. The molecule has 2 unspecified atom stereocenters. The largest absolute Gasteiger partial charge is 0.480 e. The van der Waals surface area contributed by atoms with Crippen molar-refractivity contribution in [3.63, 3.8) is 0 Å². The van der Waals surface area contributed by atoms with E-state index in [1.807, 2.05) is 4.90 Å². The van der Waals surface area contributed by atoms with Crippen LogP contribution in [0, 0.1) is 0 Å². The van der Waals surface area contributed by atoms with E-state index in [9.17, 15) is 53.8 Å². The number of amides is 4. The zero-order valence-corrected chi connectivity index (χ0v) is 30.6. The maximum Gasteiger partial charge on any atom is 0.475 e. The summed E-state index contributed by atoms with van der Waals surface area (Å²) in [5.74, 6) is -4.97. The zero-order valence-electron chi connectivity index (χ0n) is 30.6. The van der Waals surface area contributed by atoms with E-state index in [0.717, 1.165) is 0 Å². The second-order valence-electron chi connectivity index (χ2n) is 13.7. The molecule has 3 saturated heterocycles. The fourth-order valence-corrected chi connectivity index (χ4v) is 6.61. The van der Waals surface area contributed by atoms with Crippen molar-refractivity contribution in [2.75, 3.05) is 104 Å². The fraction of sp³-hybridized carbons (Fsp3) is 0.606. The quantitative estimate of drug-likeness (QED) is 0.0475. The van der Waals surface area contributed by atoms with E-state index in [1.54, 1.807) is 26.8 Å². The van der Waals surface area contributed by atoms with Crippen LogP contribution in [-0.4, -0.2) is 204 Å². The number of nitrogens with one attached hydrogen (secondary N) is 4. The minimum atomic E-state index is -1.65. The number of benzene rings is 1. The molecular weight excluding hydrogens is 725 g/mol. The molecule has 3 heterocycles. The third-order valence-electron chi connectivity index (χ3n) is 9.39. The molecule has 2 bridgehead atoms. The zero-order chi connectivity index (χ0) is 39.9. The summed E-state index contributed by atoms with van der Waals surface area (Å²) in [6.07, 6.45) is 0.457. The Morgan fingerprint density at radius 1 is 0.782 bits per heavy atom. The number of hydrazine groups is 1. The van der Waals surface area contributed by atoms with E-state index in [4.69, 9.17) is 4.74 Å². The molecule has 0 aliphatic carbocycles. The summed E-state index contributed by atoms with van der Waals surface area (Å²) in [4.78, 5) is 94.2. The lowest BCUT2D eigenvalue weighted by Crippen LogP contribution is -2.52. The molecule has 55 heavy (non-hydrogen) atoms. The topological polar surface area (TPSA) is 274 Å². The van der Waals surface area contributed by atoms with E-state index >= 15 is 0 Å². The van der Waals surface area contributed by atoms with Gasteiger partial charge in [-0.2, -0.15) is 0 Å². The van der Waals surface area contributed by atoms with Crippen LogP contribution in [-0.2, 0) is 33.5 Å². The number of nitrogens with zero attached hydrogens (tertiary/aromatic N) is 5. The highest BCUT2D eigenvalue weighted by atomic mass is 16.5. The number of carboxylic acids is 2. The Balaban J connectivity index is 1.21. The molecule has 0 spiro atoms. The van der Waals surface area contributed by atoms with Gasteiger partial charge in [0.05, 0.1) is 44.4 Å². The van der Waals surface area contributed by atoms with Gasteiger partial charge in [-0.3, -0.25) is 64.0 Å². The van der Waals surface area contributed by atoms with Gasteiger partial charge in [0.15, 0.2) is 0 Å². The van der Waals surface area contributed by atoms with E-state index in [-0.39, 0.29) is 77.4 Å². The molecule has 1 aromatic rings. The summed E-state index contributed by atoms with van der Waals surface area (Å²) in [6.45, 7) is 1.93. The number of hydrogen-bond acceptors (Lipinski definition) is 15. The van der Waals surface area contributed by atoms with E-state index in [0.29, 0.717) is 51.3 Å². The molecule has 1 aromatic carbocycles. The molecule has 8 N–H and O–H groups in total. The number of carbonyl (C=O) groups excluding carboxylic acids is 5. The lowest BCUT2D eigenvalue weighted by Gasteiger charge is -2.35. The molecule has 0 aromatic heterocycles. The molecule has 0 saturated carbocycles. The van der Waals surface area contributed by atoms with Crippen LogP contribution >= 0.6 is 0 Å². The average molecular weight is 776 g/mol. The van der Waals surface area contributed by atoms with Gasteiger partial charge in [0.25, 0.3) is 5.91 Å². The molecule has 3 fully saturated rings. The molecule has 302 valence electrons. The molecule has 3 aliphatic rings. The Morgan fingerprint density at radius 3 is 2.05 bits per heavy atom. The van der Waals surface area contributed by atoms with Gasteiger partial charge in [-0.05, 0) is 37.1 Å². The maximum atomic E-state index is 13.0.